The number of nitrogens with zero attached hydrogens (tertiary/aromatic N) is 2. The van der Waals surface area contributed by atoms with Crippen LogP contribution in [0, 0.1) is 0 Å². The molecule has 0 saturated heterocycles. The average Bonchev–Trinajstić information content (AvgIpc) is 2.96. The van der Waals surface area contributed by atoms with Crippen LogP contribution in [0.2, 0.25) is 0 Å². The predicted octanol–water partition coefficient (Wildman–Crippen LogP) is 3.55. The van der Waals surface area contributed by atoms with Crippen LogP contribution in [-0.2, 0) is 6.54 Å². The Balaban J connectivity index is 1.51. The standard InChI is InChI=1S/C20H26N4O2/c1-26-17-10-8-15(9-11-17)14-21-19-13-12-18(23-24-19)20(25)22-16-6-4-2-3-5-7-16/h8-13,16H,2-7,14H2,1H3,(H,21,24)(H,22,25). The van der Waals surface area contributed by atoms with Gasteiger partial charge in [-0.1, -0.05) is 37.8 Å². The number of ether oxygens (including phenoxy) is 1. The largest absolute Gasteiger partial charge is 0.497 e. The van der Waals surface area contributed by atoms with Gasteiger partial charge in [-0.05, 0) is 42.7 Å². The number of anilines is 1. The van der Waals surface area contributed by atoms with E-state index in [2.05, 4.69) is 20.8 Å². The fourth-order valence-electron chi connectivity index (χ4n) is 3.17. The van der Waals surface area contributed by atoms with Crippen LogP contribution in [0.5, 0.6) is 5.75 Å². The third-order valence-corrected chi connectivity index (χ3v) is 4.72. The van der Waals surface area contributed by atoms with Crippen LogP contribution in [0.1, 0.15) is 54.6 Å². The van der Waals surface area contributed by atoms with Gasteiger partial charge in [0.05, 0.1) is 7.11 Å². The summed E-state index contributed by atoms with van der Waals surface area (Å²) in [7, 11) is 1.65. The first-order chi connectivity index (χ1) is 12.7. The summed E-state index contributed by atoms with van der Waals surface area (Å²) < 4.78 is 5.15. The van der Waals surface area contributed by atoms with Crippen LogP contribution < -0.4 is 15.4 Å². The van der Waals surface area contributed by atoms with Gasteiger partial charge in [0.1, 0.15) is 11.6 Å². The molecule has 0 aliphatic heterocycles. The van der Waals surface area contributed by atoms with E-state index in [1.807, 2.05) is 24.3 Å². The van der Waals surface area contributed by atoms with E-state index >= 15 is 0 Å². The van der Waals surface area contributed by atoms with Gasteiger partial charge in [-0.25, -0.2) is 0 Å². The summed E-state index contributed by atoms with van der Waals surface area (Å²) in [5, 5.41) is 14.5. The van der Waals surface area contributed by atoms with E-state index in [4.69, 9.17) is 4.74 Å². The highest BCUT2D eigenvalue weighted by Crippen LogP contribution is 2.17. The quantitative estimate of drug-likeness (QED) is 0.776. The molecule has 3 rings (SSSR count). The van der Waals surface area contributed by atoms with Crippen molar-refractivity contribution in [3.63, 3.8) is 0 Å². The predicted molar refractivity (Wildman–Crippen MR) is 101 cm³/mol. The van der Waals surface area contributed by atoms with Crippen molar-refractivity contribution in [2.45, 2.75) is 51.1 Å². The number of methoxy groups -OCH3 is 1. The van der Waals surface area contributed by atoms with E-state index in [9.17, 15) is 4.79 Å². The van der Waals surface area contributed by atoms with Gasteiger partial charge in [0, 0.05) is 12.6 Å². The van der Waals surface area contributed by atoms with Crippen molar-refractivity contribution in [3.8, 4) is 5.75 Å². The number of amides is 1. The zero-order valence-corrected chi connectivity index (χ0v) is 15.2. The lowest BCUT2D eigenvalue weighted by Gasteiger charge is -2.15. The molecule has 0 spiro atoms. The Kier molecular flexibility index (Phi) is 6.41. The summed E-state index contributed by atoms with van der Waals surface area (Å²) in [5.41, 5.74) is 1.48. The highest BCUT2D eigenvalue weighted by Gasteiger charge is 2.16. The average molecular weight is 354 g/mol. The zero-order chi connectivity index (χ0) is 18.2. The van der Waals surface area contributed by atoms with Crippen molar-refractivity contribution < 1.29 is 9.53 Å². The molecule has 6 nitrogen and oxygen atoms in total. The Morgan fingerprint density at radius 1 is 1.04 bits per heavy atom. The summed E-state index contributed by atoms with van der Waals surface area (Å²) in [6.45, 7) is 0.631. The summed E-state index contributed by atoms with van der Waals surface area (Å²) in [4.78, 5) is 12.3. The molecule has 0 unspecified atom stereocenters. The van der Waals surface area contributed by atoms with Gasteiger partial charge in [0.2, 0.25) is 0 Å². The second-order valence-electron chi connectivity index (χ2n) is 6.67. The summed E-state index contributed by atoms with van der Waals surface area (Å²) in [5.74, 6) is 1.34. The lowest BCUT2D eigenvalue weighted by Crippen LogP contribution is -2.35. The van der Waals surface area contributed by atoms with Crippen LogP contribution in [0.3, 0.4) is 0 Å². The number of nitrogens with one attached hydrogen (secondary N) is 2. The Morgan fingerprint density at radius 3 is 2.38 bits per heavy atom. The number of benzene rings is 1. The lowest BCUT2D eigenvalue weighted by atomic mass is 10.1. The Labute approximate surface area is 154 Å². The summed E-state index contributed by atoms with van der Waals surface area (Å²) in [6, 6.07) is 11.6. The minimum absolute atomic E-state index is 0.133. The maximum Gasteiger partial charge on any atom is 0.272 e. The maximum atomic E-state index is 12.3. The molecule has 0 bridgehead atoms. The number of rotatable bonds is 6. The Morgan fingerprint density at radius 2 is 1.77 bits per heavy atom. The molecule has 0 atom stereocenters. The van der Waals surface area contributed by atoms with Crippen molar-refractivity contribution >= 4 is 11.7 Å². The Hall–Kier alpha value is -2.63. The molecule has 1 amide bonds. The van der Waals surface area contributed by atoms with Crippen LogP contribution in [0.25, 0.3) is 0 Å². The van der Waals surface area contributed by atoms with Gasteiger partial charge in [-0.3, -0.25) is 4.79 Å². The third kappa shape index (κ3) is 5.18. The van der Waals surface area contributed by atoms with Crippen molar-refractivity contribution in [2.24, 2.45) is 0 Å². The molecule has 138 valence electrons. The van der Waals surface area contributed by atoms with Crippen molar-refractivity contribution in [3.05, 3.63) is 47.7 Å². The molecule has 2 aromatic rings. The molecule has 1 saturated carbocycles. The first-order valence-electron chi connectivity index (χ1n) is 9.26. The molecule has 1 aromatic carbocycles. The van der Waals surface area contributed by atoms with Gasteiger partial charge in [0.15, 0.2) is 5.69 Å². The number of carbonyl (C=O) groups is 1. The number of aromatic nitrogens is 2. The van der Waals surface area contributed by atoms with Gasteiger partial charge >= 0.3 is 0 Å². The van der Waals surface area contributed by atoms with E-state index in [0.717, 1.165) is 24.2 Å². The molecule has 1 aliphatic carbocycles. The minimum Gasteiger partial charge on any atom is -0.497 e. The van der Waals surface area contributed by atoms with E-state index in [1.165, 1.54) is 25.7 Å². The second kappa shape index (κ2) is 9.17. The van der Waals surface area contributed by atoms with Crippen LogP contribution in [-0.4, -0.2) is 29.3 Å². The molecule has 26 heavy (non-hydrogen) atoms. The fraction of sp³-hybridized carbons (Fsp3) is 0.450. The van der Waals surface area contributed by atoms with Gasteiger partial charge in [0.25, 0.3) is 5.91 Å². The summed E-state index contributed by atoms with van der Waals surface area (Å²) >= 11 is 0. The van der Waals surface area contributed by atoms with Gasteiger partial charge < -0.3 is 15.4 Å². The monoisotopic (exact) mass is 354 g/mol. The van der Waals surface area contributed by atoms with Crippen LogP contribution >= 0.6 is 0 Å². The molecule has 1 aliphatic rings. The molecule has 1 heterocycles. The van der Waals surface area contributed by atoms with Crippen LogP contribution in [0.15, 0.2) is 36.4 Å². The normalized spacial score (nSPS) is 15.1. The third-order valence-electron chi connectivity index (χ3n) is 4.72. The maximum absolute atomic E-state index is 12.3. The number of carbonyl (C=O) groups excluding carboxylic acids is 1. The van der Waals surface area contributed by atoms with Gasteiger partial charge in [-0.2, -0.15) is 0 Å². The second-order valence-corrected chi connectivity index (χ2v) is 6.67. The van der Waals surface area contributed by atoms with E-state index in [0.29, 0.717) is 18.1 Å². The van der Waals surface area contributed by atoms with E-state index < -0.39 is 0 Å². The first-order valence-corrected chi connectivity index (χ1v) is 9.26. The molecule has 2 N–H and O–H groups in total. The van der Waals surface area contributed by atoms with Gasteiger partial charge in [-0.15, -0.1) is 10.2 Å². The Bertz CT molecular complexity index is 693. The van der Waals surface area contributed by atoms with Crippen molar-refractivity contribution in [1.82, 2.24) is 15.5 Å². The smallest absolute Gasteiger partial charge is 0.272 e. The fourth-order valence-corrected chi connectivity index (χ4v) is 3.17. The number of hydrogen-bond acceptors (Lipinski definition) is 5. The molecule has 1 fully saturated rings. The molecule has 0 radical (unpaired) electrons. The molecule has 1 aromatic heterocycles. The zero-order valence-electron chi connectivity index (χ0n) is 15.2. The molecular weight excluding hydrogens is 328 g/mol. The van der Waals surface area contributed by atoms with E-state index in [1.54, 1.807) is 19.2 Å². The van der Waals surface area contributed by atoms with Crippen molar-refractivity contribution in [2.75, 3.05) is 12.4 Å². The highest BCUT2D eigenvalue weighted by molar-refractivity contribution is 5.92. The summed E-state index contributed by atoms with van der Waals surface area (Å²) in [6.07, 6.45) is 7.01. The highest BCUT2D eigenvalue weighted by atomic mass is 16.5. The van der Waals surface area contributed by atoms with E-state index in [-0.39, 0.29) is 11.9 Å². The lowest BCUT2D eigenvalue weighted by molar-refractivity contribution is 0.0927. The first kappa shape index (κ1) is 18.2. The minimum atomic E-state index is -0.133. The molecule has 6 heteroatoms. The van der Waals surface area contributed by atoms with Crippen LogP contribution in [0.4, 0.5) is 5.82 Å². The number of hydrogen-bond donors (Lipinski definition) is 2. The van der Waals surface area contributed by atoms with Crippen molar-refractivity contribution in [1.29, 1.82) is 0 Å². The topological polar surface area (TPSA) is 76.1 Å². The SMILES string of the molecule is COc1ccc(CNc2ccc(C(=O)NC3CCCCCC3)nn2)cc1. The molecular formula is C20H26N4O2.